The molecule has 8 nitrogen and oxygen atoms in total. The van der Waals surface area contributed by atoms with Crippen LogP contribution < -0.4 is 5.32 Å². The summed E-state index contributed by atoms with van der Waals surface area (Å²) < 4.78 is 24.8. The first-order chi connectivity index (χ1) is 10.8. The van der Waals surface area contributed by atoms with Crippen LogP contribution in [0.25, 0.3) is 0 Å². The number of aromatic amines is 1. The van der Waals surface area contributed by atoms with Gasteiger partial charge < -0.3 is 10.2 Å². The molecule has 2 N–H and O–H groups in total. The molecule has 1 unspecified atom stereocenters. The number of rotatable bonds is 2. The number of nitrogens with one attached hydrogen (secondary N) is 2. The Labute approximate surface area is 136 Å². The number of carbonyl (C=O) groups excluding carboxylic acids is 1. The predicted molar refractivity (Wildman–Crippen MR) is 85.5 cm³/mol. The Bertz CT molecular complexity index is 686. The standard InChI is InChI=1S/C14H23N5O3S/c1-10-9-18(5-6-19(10)23(2,21)22)14(20)16-12-4-3-11-8-15-17-13(11)7-12/h8,10,12H,3-7,9H2,1-2H3,(H,15,17)(H,16,20)/t10-,12?/m0/s1. The smallest absolute Gasteiger partial charge is 0.317 e. The van der Waals surface area contributed by atoms with Gasteiger partial charge in [0.15, 0.2) is 0 Å². The summed E-state index contributed by atoms with van der Waals surface area (Å²) in [4.78, 5) is 14.1. The van der Waals surface area contributed by atoms with Gasteiger partial charge in [0.25, 0.3) is 0 Å². The monoisotopic (exact) mass is 341 g/mol. The minimum absolute atomic E-state index is 0.0960. The highest BCUT2D eigenvalue weighted by Gasteiger charge is 2.32. The first-order valence-corrected chi connectivity index (χ1v) is 9.73. The minimum atomic E-state index is -3.21. The molecule has 0 aromatic carbocycles. The highest BCUT2D eigenvalue weighted by Crippen LogP contribution is 2.19. The summed E-state index contributed by atoms with van der Waals surface area (Å²) in [7, 11) is -3.21. The van der Waals surface area contributed by atoms with Crippen LogP contribution in [0.2, 0.25) is 0 Å². The van der Waals surface area contributed by atoms with Gasteiger partial charge in [-0.2, -0.15) is 9.40 Å². The molecule has 1 aliphatic carbocycles. The molecule has 2 heterocycles. The molecular formula is C14H23N5O3S. The number of sulfonamides is 1. The summed E-state index contributed by atoms with van der Waals surface area (Å²) >= 11 is 0. The van der Waals surface area contributed by atoms with Crippen LogP contribution in [0, 0.1) is 0 Å². The fourth-order valence-corrected chi connectivity index (χ4v) is 4.55. The second-order valence-electron chi connectivity index (χ2n) is 6.43. The van der Waals surface area contributed by atoms with Gasteiger partial charge in [-0.05, 0) is 25.3 Å². The molecule has 128 valence electrons. The second kappa shape index (κ2) is 6.12. The molecule has 0 spiro atoms. The third-order valence-electron chi connectivity index (χ3n) is 4.63. The number of H-pyrrole nitrogens is 1. The molecule has 1 aromatic rings. The van der Waals surface area contributed by atoms with Crippen molar-refractivity contribution in [1.29, 1.82) is 0 Å². The van der Waals surface area contributed by atoms with Crippen LogP contribution in [0.5, 0.6) is 0 Å². The van der Waals surface area contributed by atoms with Gasteiger partial charge in [0.2, 0.25) is 10.0 Å². The van der Waals surface area contributed by atoms with Crippen LogP contribution in [-0.4, -0.2) is 71.8 Å². The fourth-order valence-electron chi connectivity index (χ4n) is 3.42. The molecule has 1 saturated heterocycles. The Morgan fingerprint density at radius 1 is 1.43 bits per heavy atom. The van der Waals surface area contributed by atoms with Gasteiger partial charge in [0.1, 0.15) is 0 Å². The number of fused-ring (bicyclic) bond motifs is 1. The van der Waals surface area contributed by atoms with Crippen LogP contribution in [0.1, 0.15) is 24.6 Å². The topological polar surface area (TPSA) is 98.4 Å². The van der Waals surface area contributed by atoms with Gasteiger partial charge in [-0.1, -0.05) is 0 Å². The summed E-state index contributed by atoms with van der Waals surface area (Å²) in [6.07, 6.45) is 5.63. The van der Waals surface area contributed by atoms with Crippen molar-refractivity contribution in [2.75, 3.05) is 25.9 Å². The Morgan fingerprint density at radius 3 is 2.91 bits per heavy atom. The van der Waals surface area contributed by atoms with Crippen molar-refractivity contribution in [2.24, 2.45) is 0 Å². The van der Waals surface area contributed by atoms with Crippen LogP contribution in [0.15, 0.2) is 6.20 Å². The summed E-state index contributed by atoms with van der Waals surface area (Å²) in [5, 5.41) is 10.1. The van der Waals surface area contributed by atoms with E-state index in [0.29, 0.717) is 19.6 Å². The van der Waals surface area contributed by atoms with Crippen molar-refractivity contribution in [2.45, 2.75) is 38.3 Å². The summed E-state index contributed by atoms with van der Waals surface area (Å²) in [6.45, 7) is 3.02. The van der Waals surface area contributed by atoms with Crippen molar-refractivity contribution < 1.29 is 13.2 Å². The maximum Gasteiger partial charge on any atom is 0.317 e. The van der Waals surface area contributed by atoms with Gasteiger partial charge in [0.05, 0.1) is 12.5 Å². The SMILES string of the molecule is C[C@H]1CN(C(=O)NC2CCc3cn[nH]c3C2)CCN1S(C)(=O)=O. The number of urea groups is 1. The zero-order valence-electron chi connectivity index (χ0n) is 13.4. The lowest BCUT2D eigenvalue weighted by atomic mass is 9.94. The molecule has 1 aliphatic heterocycles. The maximum absolute atomic E-state index is 12.4. The predicted octanol–water partition coefficient (Wildman–Crippen LogP) is -0.0577. The van der Waals surface area contributed by atoms with Crippen LogP contribution in [0.4, 0.5) is 4.79 Å². The molecule has 9 heteroatoms. The Kier molecular flexibility index (Phi) is 4.33. The van der Waals surface area contributed by atoms with Gasteiger partial charge in [-0.3, -0.25) is 5.10 Å². The first kappa shape index (κ1) is 16.3. The minimum Gasteiger partial charge on any atom is -0.335 e. The summed E-state index contributed by atoms with van der Waals surface area (Å²) in [5.74, 6) is 0. The largest absolute Gasteiger partial charge is 0.335 e. The van der Waals surface area contributed by atoms with Crippen molar-refractivity contribution in [1.82, 2.24) is 24.7 Å². The van der Waals surface area contributed by atoms with Crippen molar-refractivity contribution in [3.63, 3.8) is 0 Å². The maximum atomic E-state index is 12.4. The van der Waals surface area contributed by atoms with E-state index in [9.17, 15) is 13.2 Å². The van der Waals surface area contributed by atoms with Crippen LogP contribution in [0.3, 0.4) is 0 Å². The number of amides is 2. The Hall–Kier alpha value is -1.61. The van der Waals surface area contributed by atoms with Crippen molar-refractivity contribution in [3.8, 4) is 0 Å². The molecule has 2 amide bonds. The second-order valence-corrected chi connectivity index (χ2v) is 8.37. The van der Waals surface area contributed by atoms with Crippen LogP contribution >= 0.6 is 0 Å². The lowest BCUT2D eigenvalue weighted by molar-refractivity contribution is 0.144. The number of hydrogen-bond donors (Lipinski definition) is 2. The normalized spacial score (nSPS) is 25.9. The molecule has 23 heavy (non-hydrogen) atoms. The first-order valence-electron chi connectivity index (χ1n) is 7.88. The van der Waals surface area contributed by atoms with Crippen LogP contribution in [-0.2, 0) is 22.9 Å². The number of aromatic nitrogens is 2. The van der Waals surface area contributed by atoms with Crippen molar-refractivity contribution >= 4 is 16.1 Å². The van der Waals surface area contributed by atoms with Gasteiger partial charge in [-0.15, -0.1) is 0 Å². The fraction of sp³-hybridized carbons (Fsp3) is 0.714. The average molecular weight is 341 g/mol. The molecule has 2 atom stereocenters. The number of nitrogens with zero attached hydrogens (tertiary/aromatic N) is 3. The molecule has 1 aromatic heterocycles. The zero-order valence-corrected chi connectivity index (χ0v) is 14.3. The van der Waals surface area contributed by atoms with Gasteiger partial charge in [0, 0.05) is 43.8 Å². The van der Waals surface area contributed by atoms with E-state index in [0.717, 1.165) is 25.0 Å². The summed E-state index contributed by atoms with van der Waals surface area (Å²) in [6, 6.07) is -0.216. The molecule has 0 saturated carbocycles. The van der Waals surface area contributed by atoms with Crippen molar-refractivity contribution in [3.05, 3.63) is 17.5 Å². The molecule has 0 radical (unpaired) electrons. The third kappa shape index (κ3) is 3.50. The van der Waals surface area contributed by atoms with E-state index >= 15 is 0 Å². The van der Waals surface area contributed by atoms with Gasteiger partial charge in [-0.25, -0.2) is 13.2 Å². The van der Waals surface area contributed by atoms with E-state index in [1.54, 1.807) is 4.90 Å². The average Bonchev–Trinajstić information content (AvgIpc) is 2.93. The third-order valence-corrected chi connectivity index (χ3v) is 6.02. The highest BCUT2D eigenvalue weighted by atomic mass is 32.2. The zero-order chi connectivity index (χ0) is 16.6. The van der Waals surface area contributed by atoms with E-state index in [-0.39, 0.29) is 18.1 Å². The molecule has 3 rings (SSSR count). The Balaban J connectivity index is 1.56. The summed E-state index contributed by atoms with van der Waals surface area (Å²) in [5.41, 5.74) is 2.32. The molecule has 0 bridgehead atoms. The van der Waals surface area contributed by atoms with E-state index in [4.69, 9.17) is 0 Å². The van der Waals surface area contributed by atoms with E-state index in [1.807, 2.05) is 13.1 Å². The lowest BCUT2D eigenvalue weighted by Gasteiger charge is -2.39. The molecular weight excluding hydrogens is 318 g/mol. The number of aryl methyl sites for hydroxylation is 1. The van der Waals surface area contributed by atoms with E-state index < -0.39 is 10.0 Å². The quantitative estimate of drug-likeness (QED) is 0.787. The van der Waals surface area contributed by atoms with E-state index in [1.165, 1.54) is 16.1 Å². The van der Waals surface area contributed by atoms with E-state index in [2.05, 4.69) is 15.5 Å². The Morgan fingerprint density at radius 2 is 2.22 bits per heavy atom. The molecule has 2 aliphatic rings. The van der Waals surface area contributed by atoms with Gasteiger partial charge >= 0.3 is 6.03 Å². The number of carbonyl (C=O) groups is 1. The highest BCUT2D eigenvalue weighted by molar-refractivity contribution is 7.88. The number of piperazine rings is 1. The lowest BCUT2D eigenvalue weighted by Crippen LogP contribution is -2.58. The number of hydrogen-bond acceptors (Lipinski definition) is 4. The molecule has 1 fully saturated rings.